The van der Waals surface area contributed by atoms with Crippen molar-refractivity contribution in [3.05, 3.63) is 88.0 Å². The molecule has 2 N–H and O–H groups in total. The SMILES string of the molecule is O=C1N=c2ccc(Nc3c(O)n(Cc4ccc(Cl)cc4)c4ccccc34)cc2=N1. The number of anilines is 2. The van der Waals surface area contributed by atoms with Crippen molar-refractivity contribution >= 4 is 39.9 Å². The number of nitrogens with zero attached hydrogens (tertiary/aromatic N) is 3. The van der Waals surface area contributed by atoms with Gasteiger partial charge >= 0.3 is 6.03 Å². The summed E-state index contributed by atoms with van der Waals surface area (Å²) in [6, 6.07) is 20.1. The van der Waals surface area contributed by atoms with Gasteiger partial charge in [-0.3, -0.25) is 0 Å². The highest BCUT2D eigenvalue weighted by Gasteiger charge is 2.17. The third-order valence-corrected chi connectivity index (χ3v) is 5.13. The van der Waals surface area contributed by atoms with E-state index in [2.05, 4.69) is 15.3 Å². The number of halogens is 1. The molecule has 3 aromatic carbocycles. The monoisotopic (exact) mass is 402 g/mol. The number of aromatic nitrogens is 1. The van der Waals surface area contributed by atoms with Gasteiger partial charge in [-0.1, -0.05) is 41.9 Å². The van der Waals surface area contributed by atoms with Crippen molar-refractivity contribution in [3.63, 3.8) is 0 Å². The van der Waals surface area contributed by atoms with Gasteiger partial charge in [0.1, 0.15) is 5.69 Å². The zero-order chi connectivity index (χ0) is 20.0. The van der Waals surface area contributed by atoms with Crippen LogP contribution in [0.1, 0.15) is 5.56 Å². The summed E-state index contributed by atoms with van der Waals surface area (Å²) in [5, 5.41) is 16.9. The van der Waals surface area contributed by atoms with Crippen molar-refractivity contribution in [3.8, 4) is 5.88 Å². The standard InChI is InChI=1S/C22H15ClN4O2/c23-14-7-5-13(6-8-14)12-27-19-4-2-1-3-16(19)20(21(27)28)24-15-9-10-17-18(11-15)26-22(29)25-17/h1-11,24,28H,12H2. The van der Waals surface area contributed by atoms with Crippen LogP contribution in [0.2, 0.25) is 5.02 Å². The number of hydrogen-bond acceptors (Lipinski definition) is 3. The van der Waals surface area contributed by atoms with Gasteiger partial charge in [0.05, 0.1) is 22.8 Å². The lowest BCUT2D eigenvalue weighted by atomic mass is 10.2. The highest BCUT2D eigenvalue weighted by atomic mass is 35.5. The summed E-state index contributed by atoms with van der Waals surface area (Å²) in [4.78, 5) is 19.1. The van der Waals surface area contributed by atoms with Crippen LogP contribution >= 0.6 is 11.6 Å². The van der Waals surface area contributed by atoms with E-state index in [1.807, 2.05) is 53.1 Å². The van der Waals surface area contributed by atoms with Gasteiger partial charge < -0.3 is 15.0 Å². The summed E-state index contributed by atoms with van der Waals surface area (Å²) < 4.78 is 1.84. The van der Waals surface area contributed by atoms with Gasteiger partial charge in [-0.05, 0) is 42.0 Å². The molecule has 0 radical (unpaired) electrons. The van der Waals surface area contributed by atoms with E-state index in [9.17, 15) is 9.90 Å². The van der Waals surface area contributed by atoms with E-state index < -0.39 is 6.03 Å². The molecule has 1 aromatic heterocycles. The third kappa shape index (κ3) is 3.13. The Morgan fingerprint density at radius 3 is 2.55 bits per heavy atom. The Morgan fingerprint density at radius 2 is 1.72 bits per heavy atom. The van der Waals surface area contributed by atoms with Gasteiger partial charge in [-0.25, -0.2) is 4.79 Å². The second-order valence-corrected chi connectivity index (χ2v) is 7.20. The fraction of sp³-hybridized carbons (Fsp3) is 0.0455. The molecule has 2 amide bonds. The predicted octanol–water partition coefficient (Wildman–Crippen LogP) is 4.17. The molecule has 0 saturated heterocycles. The fourth-order valence-electron chi connectivity index (χ4n) is 3.51. The highest BCUT2D eigenvalue weighted by molar-refractivity contribution is 6.30. The van der Waals surface area contributed by atoms with Gasteiger partial charge in [-0.2, -0.15) is 9.98 Å². The number of nitrogens with one attached hydrogen (secondary N) is 1. The first-order chi connectivity index (χ1) is 14.1. The number of carbonyl (C=O) groups excluding carboxylic acids is 1. The maximum absolute atomic E-state index is 11.4. The Labute approximate surface area is 170 Å². The molecule has 0 saturated carbocycles. The number of urea groups is 1. The molecule has 4 aromatic rings. The van der Waals surface area contributed by atoms with E-state index in [0.29, 0.717) is 33.7 Å². The quantitative estimate of drug-likeness (QED) is 0.537. The number of amides is 2. The average Bonchev–Trinajstić information content (AvgIpc) is 3.21. The van der Waals surface area contributed by atoms with Crippen LogP contribution in [0.4, 0.5) is 16.2 Å². The van der Waals surface area contributed by atoms with E-state index in [1.165, 1.54) is 0 Å². The summed E-state index contributed by atoms with van der Waals surface area (Å²) in [6.07, 6.45) is 0. The lowest BCUT2D eigenvalue weighted by Gasteiger charge is -2.09. The fourth-order valence-corrected chi connectivity index (χ4v) is 3.63. The molecule has 0 bridgehead atoms. The lowest BCUT2D eigenvalue weighted by Crippen LogP contribution is -2.21. The molecule has 29 heavy (non-hydrogen) atoms. The van der Waals surface area contributed by atoms with E-state index >= 15 is 0 Å². The molecule has 2 heterocycles. The number of hydrogen-bond donors (Lipinski definition) is 2. The largest absolute Gasteiger partial charge is 0.493 e. The van der Waals surface area contributed by atoms with E-state index in [4.69, 9.17) is 11.6 Å². The van der Waals surface area contributed by atoms with Crippen molar-refractivity contribution in [2.24, 2.45) is 9.98 Å². The molecule has 5 rings (SSSR count). The molecule has 7 heteroatoms. The smallest absolute Gasteiger partial charge is 0.368 e. The minimum absolute atomic E-state index is 0.124. The molecule has 0 unspecified atom stereocenters. The topological polar surface area (TPSA) is 79.0 Å². The van der Waals surface area contributed by atoms with Crippen LogP contribution in [0.25, 0.3) is 10.9 Å². The zero-order valence-corrected chi connectivity index (χ0v) is 15.9. The molecule has 0 atom stereocenters. The summed E-state index contributed by atoms with van der Waals surface area (Å²) >= 11 is 5.98. The first-order valence-corrected chi connectivity index (χ1v) is 9.39. The predicted molar refractivity (Wildman–Crippen MR) is 112 cm³/mol. The Balaban J connectivity index is 1.58. The van der Waals surface area contributed by atoms with Gasteiger partial charge in [-0.15, -0.1) is 0 Å². The number of benzene rings is 3. The minimum Gasteiger partial charge on any atom is -0.493 e. The maximum Gasteiger partial charge on any atom is 0.368 e. The van der Waals surface area contributed by atoms with Crippen molar-refractivity contribution in [2.45, 2.75) is 6.54 Å². The first-order valence-electron chi connectivity index (χ1n) is 9.01. The van der Waals surface area contributed by atoms with Crippen molar-refractivity contribution in [1.29, 1.82) is 0 Å². The number of carbonyl (C=O) groups is 1. The van der Waals surface area contributed by atoms with E-state index in [0.717, 1.165) is 16.5 Å². The Kier molecular flexibility index (Phi) is 4.07. The second kappa shape index (κ2) is 6.76. The normalized spacial score (nSPS) is 12.5. The van der Waals surface area contributed by atoms with Crippen LogP contribution in [0.5, 0.6) is 5.88 Å². The molecular weight excluding hydrogens is 388 g/mol. The second-order valence-electron chi connectivity index (χ2n) is 6.76. The molecule has 1 aliphatic heterocycles. The Hall–Kier alpha value is -3.64. The van der Waals surface area contributed by atoms with E-state index in [-0.39, 0.29) is 5.88 Å². The number of fused-ring (bicyclic) bond motifs is 2. The first kappa shape index (κ1) is 17.5. The molecule has 1 aliphatic rings. The van der Waals surface area contributed by atoms with Gasteiger partial charge in [0.2, 0.25) is 5.88 Å². The summed E-state index contributed by atoms with van der Waals surface area (Å²) in [5.74, 6) is 0.124. The average molecular weight is 403 g/mol. The number of aromatic hydroxyl groups is 1. The maximum atomic E-state index is 11.4. The molecule has 6 nitrogen and oxygen atoms in total. The number of rotatable bonds is 4. The number of para-hydroxylation sites is 1. The summed E-state index contributed by atoms with van der Waals surface area (Å²) in [7, 11) is 0. The van der Waals surface area contributed by atoms with Crippen LogP contribution in [0.3, 0.4) is 0 Å². The van der Waals surface area contributed by atoms with Crippen LogP contribution in [0, 0.1) is 0 Å². The van der Waals surface area contributed by atoms with Gasteiger partial charge in [0.25, 0.3) is 0 Å². The molecular formula is C22H15ClN4O2. The van der Waals surface area contributed by atoms with Crippen LogP contribution in [-0.2, 0) is 6.54 Å². The summed E-state index contributed by atoms with van der Waals surface area (Å²) in [5.41, 5.74) is 3.23. The van der Waals surface area contributed by atoms with Crippen LogP contribution in [-0.4, -0.2) is 15.7 Å². The van der Waals surface area contributed by atoms with Crippen LogP contribution < -0.4 is 16.0 Å². The Bertz CT molecular complexity index is 1390. The highest BCUT2D eigenvalue weighted by Crippen LogP contribution is 2.38. The van der Waals surface area contributed by atoms with Crippen molar-refractivity contribution < 1.29 is 9.90 Å². The molecule has 0 spiro atoms. The van der Waals surface area contributed by atoms with Crippen molar-refractivity contribution in [1.82, 2.24) is 4.57 Å². The molecule has 0 aliphatic carbocycles. The zero-order valence-electron chi connectivity index (χ0n) is 15.1. The summed E-state index contributed by atoms with van der Waals surface area (Å²) in [6.45, 7) is 0.498. The van der Waals surface area contributed by atoms with Crippen molar-refractivity contribution in [2.75, 3.05) is 5.32 Å². The van der Waals surface area contributed by atoms with E-state index in [1.54, 1.807) is 18.2 Å². The molecule has 142 valence electrons. The third-order valence-electron chi connectivity index (χ3n) is 4.87. The van der Waals surface area contributed by atoms with Gasteiger partial charge in [0, 0.05) is 16.1 Å². The van der Waals surface area contributed by atoms with Gasteiger partial charge in [0.15, 0.2) is 0 Å². The Morgan fingerprint density at radius 1 is 0.966 bits per heavy atom. The molecule has 0 fully saturated rings. The minimum atomic E-state index is -0.500. The lowest BCUT2D eigenvalue weighted by molar-refractivity contribution is 0.256. The van der Waals surface area contributed by atoms with Crippen LogP contribution in [0.15, 0.2) is 76.7 Å².